The first-order chi connectivity index (χ1) is 5.47. The molecule has 60 valence electrons. The smallest absolute Gasteiger partial charge is 0.0693 e. The summed E-state index contributed by atoms with van der Waals surface area (Å²) in [5, 5.41) is 7.82. The molecule has 0 radical (unpaired) electrons. The lowest BCUT2D eigenvalue weighted by Gasteiger charge is -2.20. The quantitative estimate of drug-likeness (QED) is 0.612. The van der Waals surface area contributed by atoms with Crippen molar-refractivity contribution < 1.29 is 0 Å². The van der Waals surface area contributed by atoms with Gasteiger partial charge in [-0.25, -0.2) is 4.68 Å². The van der Waals surface area contributed by atoms with E-state index < -0.39 is 0 Å². The minimum Gasteiger partial charge on any atom is -0.250 e. The standard InChI is InChI=1S/C8H13N3/c1-2-4-8(5-3-1)11-7-6-9-10-11/h6-8H,1-5H2. The molecule has 11 heavy (non-hydrogen) atoms. The molecule has 1 aliphatic carbocycles. The number of hydrogen-bond acceptors (Lipinski definition) is 2. The Bertz CT molecular complexity index is 199. The molecule has 0 atom stereocenters. The number of hydrogen-bond donors (Lipinski definition) is 0. The van der Waals surface area contributed by atoms with Crippen molar-refractivity contribution in [2.45, 2.75) is 38.1 Å². The Kier molecular flexibility index (Phi) is 1.88. The van der Waals surface area contributed by atoms with Gasteiger partial charge in [0.2, 0.25) is 0 Å². The molecular formula is C8H13N3. The largest absolute Gasteiger partial charge is 0.250 e. The van der Waals surface area contributed by atoms with Crippen LogP contribution in [0.25, 0.3) is 0 Å². The molecule has 1 aromatic rings. The zero-order valence-electron chi connectivity index (χ0n) is 6.61. The fourth-order valence-corrected chi connectivity index (χ4v) is 1.76. The van der Waals surface area contributed by atoms with Gasteiger partial charge in [-0.05, 0) is 12.8 Å². The van der Waals surface area contributed by atoms with E-state index in [-0.39, 0.29) is 0 Å². The van der Waals surface area contributed by atoms with E-state index in [0.29, 0.717) is 6.04 Å². The highest BCUT2D eigenvalue weighted by Crippen LogP contribution is 2.26. The van der Waals surface area contributed by atoms with Crippen LogP contribution in [0.5, 0.6) is 0 Å². The number of aromatic nitrogens is 3. The molecule has 3 nitrogen and oxygen atoms in total. The average molecular weight is 151 g/mol. The normalized spacial score (nSPS) is 20.4. The number of rotatable bonds is 1. The lowest BCUT2D eigenvalue weighted by molar-refractivity contribution is 0.324. The summed E-state index contributed by atoms with van der Waals surface area (Å²) in [5.74, 6) is 0. The van der Waals surface area contributed by atoms with E-state index in [0.717, 1.165) is 0 Å². The third-order valence-electron chi connectivity index (χ3n) is 2.39. The van der Waals surface area contributed by atoms with E-state index in [1.165, 1.54) is 32.1 Å². The van der Waals surface area contributed by atoms with Gasteiger partial charge in [-0.3, -0.25) is 0 Å². The fraction of sp³-hybridized carbons (Fsp3) is 0.750. The molecule has 0 amide bonds. The van der Waals surface area contributed by atoms with E-state index in [9.17, 15) is 0 Å². The molecule has 0 spiro atoms. The Balaban J connectivity index is 2.04. The van der Waals surface area contributed by atoms with Gasteiger partial charge in [0.15, 0.2) is 0 Å². The van der Waals surface area contributed by atoms with Crippen molar-refractivity contribution in [3.63, 3.8) is 0 Å². The third kappa shape index (κ3) is 1.42. The van der Waals surface area contributed by atoms with Crippen molar-refractivity contribution in [2.75, 3.05) is 0 Å². The number of nitrogens with zero attached hydrogens (tertiary/aromatic N) is 3. The fourth-order valence-electron chi connectivity index (χ4n) is 1.76. The lowest BCUT2D eigenvalue weighted by Crippen LogP contribution is -2.13. The van der Waals surface area contributed by atoms with Crippen LogP contribution in [0.4, 0.5) is 0 Å². The van der Waals surface area contributed by atoms with Crippen LogP contribution < -0.4 is 0 Å². The Morgan fingerprint density at radius 2 is 2.00 bits per heavy atom. The molecule has 1 heterocycles. The van der Waals surface area contributed by atoms with Gasteiger partial charge >= 0.3 is 0 Å². The van der Waals surface area contributed by atoms with E-state index >= 15 is 0 Å². The van der Waals surface area contributed by atoms with Crippen LogP contribution in [0.1, 0.15) is 38.1 Å². The van der Waals surface area contributed by atoms with Gasteiger partial charge in [-0.15, -0.1) is 5.10 Å². The van der Waals surface area contributed by atoms with Gasteiger partial charge in [-0.1, -0.05) is 24.5 Å². The Hall–Kier alpha value is -0.860. The van der Waals surface area contributed by atoms with E-state index in [2.05, 4.69) is 10.3 Å². The van der Waals surface area contributed by atoms with Gasteiger partial charge in [0.1, 0.15) is 0 Å². The molecule has 2 rings (SSSR count). The van der Waals surface area contributed by atoms with Gasteiger partial charge in [-0.2, -0.15) is 0 Å². The zero-order chi connectivity index (χ0) is 7.52. The predicted molar refractivity (Wildman–Crippen MR) is 42.1 cm³/mol. The summed E-state index contributed by atoms with van der Waals surface area (Å²) in [6.07, 6.45) is 10.4. The highest BCUT2D eigenvalue weighted by atomic mass is 15.4. The first-order valence-corrected chi connectivity index (χ1v) is 4.32. The molecule has 0 aliphatic heterocycles. The van der Waals surface area contributed by atoms with E-state index in [4.69, 9.17) is 0 Å². The van der Waals surface area contributed by atoms with Crippen molar-refractivity contribution >= 4 is 0 Å². The monoisotopic (exact) mass is 151 g/mol. The third-order valence-corrected chi connectivity index (χ3v) is 2.39. The van der Waals surface area contributed by atoms with Crippen molar-refractivity contribution in [1.29, 1.82) is 0 Å². The summed E-state index contributed by atoms with van der Waals surface area (Å²) in [4.78, 5) is 0. The zero-order valence-corrected chi connectivity index (χ0v) is 6.61. The molecule has 1 aliphatic rings. The minimum absolute atomic E-state index is 0.631. The van der Waals surface area contributed by atoms with Gasteiger partial charge < -0.3 is 0 Å². The molecule has 1 aromatic heterocycles. The molecule has 0 N–H and O–H groups in total. The van der Waals surface area contributed by atoms with Gasteiger partial charge in [0.25, 0.3) is 0 Å². The Morgan fingerprint density at radius 1 is 1.18 bits per heavy atom. The second kappa shape index (κ2) is 3.03. The summed E-state index contributed by atoms with van der Waals surface area (Å²) < 4.78 is 2.00. The molecule has 1 fully saturated rings. The van der Waals surface area contributed by atoms with Crippen LogP contribution in [0, 0.1) is 0 Å². The molecular weight excluding hydrogens is 138 g/mol. The predicted octanol–water partition coefficient (Wildman–Crippen LogP) is 1.78. The van der Waals surface area contributed by atoms with Crippen molar-refractivity contribution in [3.8, 4) is 0 Å². The first-order valence-electron chi connectivity index (χ1n) is 4.32. The van der Waals surface area contributed by atoms with Crippen LogP contribution in [0.3, 0.4) is 0 Å². The molecule has 1 saturated carbocycles. The highest BCUT2D eigenvalue weighted by molar-refractivity contribution is 4.75. The molecule has 3 heteroatoms. The highest BCUT2D eigenvalue weighted by Gasteiger charge is 2.14. The van der Waals surface area contributed by atoms with Gasteiger partial charge in [0.05, 0.1) is 12.2 Å². The molecule has 0 unspecified atom stereocenters. The van der Waals surface area contributed by atoms with Crippen LogP contribution >= 0.6 is 0 Å². The minimum atomic E-state index is 0.631. The summed E-state index contributed by atoms with van der Waals surface area (Å²) >= 11 is 0. The lowest BCUT2D eigenvalue weighted by atomic mass is 9.96. The molecule has 0 bridgehead atoms. The van der Waals surface area contributed by atoms with E-state index in [1.807, 2.05) is 10.9 Å². The van der Waals surface area contributed by atoms with Crippen LogP contribution in [-0.2, 0) is 0 Å². The SMILES string of the molecule is c1cn(C2CCCCC2)nn1. The van der Waals surface area contributed by atoms with Crippen molar-refractivity contribution in [2.24, 2.45) is 0 Å². The molecule has 0 aromatic carbocycles. The average Bonchev–Trinajstić information content (AvgIpc) is 2.58. The summed E-state index contributed by atoms with van der Waals surface area (Å²) in [7, 11) is 0. The van der Waals surface area contributed by atoms with Crippen LogP contribution in [-0.4, -0.2) is 15.0 Å². The van der Waals surface area contributed by atoms with Crippen molar-refractivity contribution in [1.82, 2.24) is 15.0 Å². The van der Waals surface area contributed by atoms with Crippen LogP contribution in [0.15, 0.2) is 12.4 Å². The van der Waals surface area contributed by atoms with Crippen molar-refractivity contribution in [3.05, 3.63) is 12.4 Å². The van der Waals surface area contributed by atoms with Gasteiger partial charge in [0, 0.05) is 6.20 Å². The summed E-state index contributed by atoms with van der Waals surface area (Å²) in [6, 6.07) is 0.631. The Morgan fingerprint density at radius 3 is 2.64 bits per heavy atom. The second-order valence-corrected chi connectivity index (χ2v) is 3.17. The maximum Gasteiger partial charge on any atom is 0.0693 e. The topological polar surface area (TPSA) is 30.7 Å². The second-order valence-electron chi connectivity index (χ2n) is 3.17. The summed E-state index contributed by atoms with van der Waals surface area (Å²) in [6.45, 7) is 0. The maximum absolute atomic E-state index is 4.01. The molecule has 0 saturated heterocycles. The summed E-state index contributed by atoms with van der Waals surface area (Å²) in [5.41, 5.74) is 0. The van der Waals surface area contributed by atoms with E-state index in [1.54, 1.807) is 6.20 Å². The Labute approximate surface area is 66.4 Å². The first kappa shape index (κ1) is 6.83. The maximum atomic E-state index is 4.01. The van der Waals surface area contributed by atoms with Crippen LogP contribution in [0.2, 0.25) is 0 Å².